The van der Waals surface area contributed by atoms with Gasteiger partial charge in [-0.3, -0.25) is 0 Å². The lowest BCUT2D eigenvalue weighted by molar-refractivity contribution is 0.0161. The highest BCUT2D eigenvalue weighted by molar-refractivity contribution is 5.90. The molecule has 1 aliphatic carbocycles. The second-order valence-electron chi connectivity index (χ2n) is 9.35. The minimum atomic E-state index is -0.213. The van der Waals surface area contributed by atoms with E-state index in [9.17, 15) is 4.79 Å². The summed E-state index contributed by atoms with van der Waals surface area (Å²) in [5.74, 6) is 1.30. The lowest BCUT2D eigenvalue weighted by Gasteiger charge is -2.28. The molecule has 1 aliphatic rings. The van der Waals surface area contributed by atoms with Gasteiger partial charge in [0.15, 0.2) is 5.82 Å². The molecule has 0 radical (unpaired) electrons. The first kappa shape index (κ1) is 24.4. The van der Waals surface area contributed by atoms with Crippen molar-refractivity contribution in [3.05, 3.63) is 47.8 Å². The Labute approximate surface area is 194 Å². The van der Waals surface area contributed by atoms with Gasteiger partial charge in [-0.2, -0.15) is 0 Å². The fourth-order valence-electron chi connectivity index (χ4n) is 4.56. The SMILES string of the molecule is CCCCCCCC1CCC(OC(=O)c2ccc(-c3ncc(CCCC)cn3)cc2)CC1. The minimum Gasteiger partial charge on any atom is -0.459 e. The van der Waals surface area contributed by atoms with Crippen LogP contribution >= 0.6 is 0 Å². The third-order valence-corrected chi connectivity index (χ3v) is 6.69. The third-order valence-electron chi connectivity index (χ3n) is 6.69. The van der Waals surface area contributed by atoms with Gasteiger partial charge in [0.05, 0.1) is 5.56 Å². The van der Waals surface area contributed by atoms with Crippen LogP contribution in [0.5, 0.6) is 0 Å². The fraction of sp³-hybridized carbons (Fsp3) is 0.607. The highest BCUT2D eigenvalue weighted by Gasteiger charge is 2.24. The van der Waals surface area contributed by atoms with Crippen molar-refractivity contribution in [2.24, 2.45) is 5.92 Å². The van der Waals surface area contributed by atoms with E-state index in [4.69, 9.17) is 4.74 Å². The number of esters is 1. The van der Waals surface area contributed by atoms with Crippen molar-refractivity contribution in [1.82, 2.24) is 9.97 Å². The molecule has 1 fully saturated rings. The number of rotatable bonds is 12. The summed E-state index contributed by atoms with van der Waals surface area (Å²) in [6, 6.07) is 7.47. The average Bonchev–Trinajstić information content (AvgIpc) is 2.84. The zero-order chi connectivity index (χ0) is 22.6. The van der Waals surface area contributed by atoms with Crippen LogP contribution in [0.3, 0.4) is 0 Å². The van der Waals surface area contributed by atoms with Crippen LogP contribution in [0.4, 0.5) is 0 Å². The monoisotopic (exact) mass is 436 g/mol. The molecule has 4 nitrogen and oxygen atoms in total. The van der Waals surface area contributed by atoms with Crippen LogP contribution in [0.25, 0.3) is 11.4 Å². The number of benzene rings is 1. The number of unbranched alkanes of at least 4 members (excludes halogenated alkanes) is 5. The summed E-state index contributed by atoms with van der Waals surface area (Å²) in [5, 5.41) is 0. The van der Waals surface area contributed by atoms with Crippen molar-refractivity contribution in [3.8, 4) is 11.4 Å². The van der Waals surface area contributed by atoms with E-state index >= 15 is 0 Å². The molecule has 174 valence electrons. The maximum Gasteiger partial charge on any atom is 0.338 e. The number of ether oxygens (including phenoxy) is 1. The van der Waals surface area contributed by atoms with E-state index in [2.05, 4.69) is 23.8 Å². The molecule has 32 heavy (non-hydrogen) atoms. The van der Waals surface area contributed by atoms with E-state index in [1.807, 2.05) is 36.7 Å². The number of hydrogen-bond donors (Lipinski definition) is 0. The Morgan fingerprint density at radius 3 is 2.19 bits per heavy atom. The van der Waals surface area contributed by atoms with E-state index < -0.39 is 0 Å². The third kappa shape index (κ3) is 7.72. The van der Waals surface area contributed by atoms with Crippen LogP contribution in [0.15, 0.2) is 36.7 Å². The molecule has 1 heterocycles. The normalized spacial score (nSPS) is 18.4. The number of aryl methyl sites for hydroxylation is 1. The highest BCUT2D eigenvalue weighted by Crippen LogP contribution is 2.30. The van der Waals surface area contributed by atoms with E-state index in [-0.39, 0.29) is 12.1 Å². The quantitative estimate of drug-likeness (QED) is 0.254. The predicted molar refractivity (Wildman–Crippen MR) is 131 cm³/mol. The van der Waals surface area contributed by atoms with Crippen molar-refractivity contribution in [1.29, 1.82) is 0 Å². The molecule has 1 aromatic carbocycles. The first-order valence-electron chi connectivity index (χ1n) is 12.8. The van der Waals surface area contributed by atoms with Gasteiger partial charge in [0.1, 0.15) is 6.10 Å². The molecule has 4 heteroatoms. The molecular weight excluding hydrogens is 396 g/mol. The van der Waals surface area contributed by atoms with Gasteiger partial charge < -0.3 is 4.74 Å². The Morgan fingerprint density at radius 2 is 1.53 bits per heavy atom. The smallest absolute Gasteiger partial charge is 0.338 e. The molecule has 1 saturated carbocycles. The van der Waals surface area contributed by atoms with Gasteiger partial charge in [0.2, 0.25) is 0 Å². The summed E-state index contributed by atoms with van der Waals surface area (Å²) in [6.07, 6.45) is 19.7. The van der Waals surface area contributed by atoms with E-state index in [1.54, 1.807) is 0 Å². The Bertz CT molecular complexity index is 793. The first-order valence-corrected chi connectivity index (χ1v) is 12.8. The maximum atomic E-state index is 12.6. The van der Waals surface area contributed by atoms with Crippen molar-refractivity contribution >= 4 is 5.97 Å². The molecule has 0 unspecified atom stereocenters. The van der Waals surface area contributed by atoms with E-state index in [0.717, 1.165) is 37.2 Å². The maximum absolute atomic E-state index is 12.6. The number of nitrogens with zero attached hydrogens (tertiary/aromatic N) is 2. The number of carbonyl (C=O) groups is 1. The Kier molecular flexibility index (Phi) is 10.2. The summed E-state index contributed by atoms with van der Waals surface area (Å²) in [7, 11) is 0. The standard InChI is InChI=1S/C28H40N2O2/c1-3-5-7-8-9-11-22-12-18-26(19-13-22)32-28(31)25-16-14-24(15-17-25)27-29-20-23(21-30-27)10-6-4-2/h14-17,20-22,26H,3-13,18-19H2,1-2H3. The summed E-state index contributed by atoms with van der Waals surface area (Å²) < 4.78 is 5.81. The van der Waals surface area contributed by atoms with Crippen LogP contribution in [0.2, 0.25) is 0 Å². The second kappa shape index (κ2) is 13.3. The van der Waals surface area contributed by atoms with Crippen molar-refractivity contribution < 1.29 is 9.53 Å². The fourth-order valence-corrected chi connectivity index (χ4v) is 4.56. The van der Waals surface area contributed by atoms with Crippen LogP contribution < -0.4 is 0 Å². The lowest BCUT2D eigenvalue weighted by Crippen LogP contribution is -2.24. The number of hydrogen-bond acceptors (Lipinski definition) is 4. The summed E-state index contributed by atoms with van der Waals surface area (Å²) in [5.41, 5.74) is 2.69. The molecule has 0 bridgehead atoms. The topological polar surface area (TPSA) is 52.1 Å². The molecule has 0 aliphatic heterocycles. The van der Waals surface area contributed by atoms with Gasteiger partial charge in [0.25, 0.3) is 0 Å². The van der Waals surface area contributed by atoms with Crippen LogP contribution in [0.1, 0.15) is 107 Å². The van der Waals surface area contributed by atoms with E-state index in [1.165, 1.54) is 63.4 Å². The molecule has 2 aromatic rings. The molecule has 0 saturated heterocycles. The first-order chi connectivity index (χ1) is 15.7. The van der Waals surface area contributed by atoms with Gasteiger partial charge in [-0.1, -0.05) is 70.9 Å². The van der Waals surface area contributed by atoms with Gasteiger partial charge >= 0.3 is 5.97 Å². The number of carbonyl (C=O) groups excluding carboxylic acids is 1. The van der Waals surface area contributed by atoms with Gasteiger partial charge in [0, 0.05) is 18.0 Å². The van der Waals surface area contributed by atoms with Gasteiger partial charge in [-0.25, -0.2) is 14.8 Å². The number of aromatic nitrogens is 2. The van der Waals surface area contributed by atoms with Crippen LogP contribution in [-0.2, 0) is 11.2 Å². The summed E-state index contributed by atoms with van der Waals surface area (Å²) in [6.45, 7) is 4.45. The second-order valence-corrected chi connectivity index (χ2v) is 9.35. The van der Waals surface area contributed by atoms with Crippen LogP contribution in [-0.4, -0.2) is 22.0 Å². The average molecular weight is 437 g/mol. The van der Waals surface area contributed by atoms with Gasteiger partial charge in [-0.15, -0.1) is 0 Å². The van der Waals surface area contributed by atoms with Crippen molar-refractivity contribution in [2.75, 3.05) is 0 Å². The molecule has 0 atom stereocenters. The largest absolute Gasteiger partial charge is 0.459 e. The van der Waals surface area contributed by atoms with Gasteiger partial charge in [-0.05, 0) is 62.1 Å². The van der Waals surface area contributed by atoms with Crippen molar-refractivity contribution in [3.63, 3.8) is 0 Å². The Morgan fingerprint density at radius 1 is 0.875 bits per heavy atom. The molecule has 0 N–H and O–H groups in total. The Balaban J connectivity index is 1.42. The van der Waals surface area contributed by atoms with Crippen LogP contribution in [0, 0.1) is 5.92 Å². The molecule has 1 aromatic heterocycles. The van der Waals surface area contributed by atoms with Crippen molar-refractivity contribution in [2.45, 2.75) is 103 Å². The molecule has 0 amide bonds. The molecule has 3 rings (SSSR count). The summed E-state index contributed by atoms with van der Waals surface area (Å²) >= 11 is 0. The van der Waals surface area contributed by atoms with E-state index in [0.29, 0.717) is 11.4 Å². The molecular formula is C28H40N2O2. The lowest BCUT2D eigenvalue weighted by atomic mass is 9.84. The Hall–Kier alpha value is -2.23. The molecule has 0 spiro atoms. The predicted octanol–water partition coefficient (Wildman–Crippen LogP) is 7.56. The summed E-state index contributed by atoms with van der Waals surface area (Å²) in [4.78, 5) is 21.6. The highest BCUT2D eigenvalue weighted by atomic mass is 16.5. The zero-order valence-electron chi connectivity index (χ0n) is 20.0. The zero-order valence-corrected chi connectivity index (χ0v) is 20.0. The minimum absolute atomic E-state index is 0.0671.